The van der Waals surface area contributed by atoms with Crippen molar-refractivity contribution in [3.05, 3.63) is 90.5 Å². The molecule has 3 aromatic rings. The Kier molecular flexibility index (Phi) is 8.38. The van der Waals surface area contributed by atoms with Gasteiger partial charge in [-0.3, -0.25) is 0 Å². The third-order valence-electron chi connectivity index (χ3n) is 4.74. The Morgan fingerprint density at radius 1 is 0.939 bits per heavy atom. The molecule has 6 nitrogen and oxygen atoms in total. The van der Waals surface area contributed by atoms with Gasteiger partial charge in [0.15, 0.2) is 11.5 Å². The number of benzene rings is 3. The van der Waals surface area contributed by atoms with E-state index < -0.39 is 10.1 Å². The van der Waals surface area contributed by atoms with Gasteiger partial charge in [0, 0.05) is 17.8 Å². The summed E-state index contributed by atoms with van der Waals surface area (Å²) in [6, 6.07) is 19.5. The topological polar surface area (TPSA) is 73.9 Å². The molecular formula is C26H29NO5S. The van der Waals surface area contributed by atoms with Crippen LogP contribution in [0.5, 0.6) is 17.2 Å². The van der Waals surface area contributed by atoms with Gasteiger partial charge >= 0.3 is 10.1 Å². The van der Waals surface area contributed by atoms with Gasteiger partial charge in [-0.15, -0.1) is 6.58 Å². The van der Waals surface area contributed by atoms with Crippen molar-refractivity contribution < 1.29 is 22.1 Å². The van der Waals surface area contributed by atoms with Gasteiger partial charge in [-0.05, 0) is 74.4 Å². The molecule has 0 saturated carbocycles. The first-order chi connectivity index (χ1) is 16.0. The zero-order chi connectivity index (χ0) is 23.7. The Morgan fingerprint density at radius 3 is 2.27 bits per heavy atom. The summed E-state index contributed by atoms with van der Waals surface area (Å²) in [5.41, 5.74) is 2.54. The molecular weight excluding hydrogens is 438 g/mol. The van der Waals surface area contributed by atoms with E-state index in [1.54, 1.807) is 30.3 Å². The maximum atomic E-state index is 12.9. The van der Waals surface area contributed by atoms with Crippen molar-refractivity contribution in [2.45, 2.75) is 31.7 Å². The zero-order valence-corrected chi connectivity index (χ0v) is 19.7. The van der Waals surface area contributed by atoms with E-state index >= 15 is 0 Å². The summed E-state index contributed by atoms with van der Waals surface area (Å²) in [5, 5.41) is 3.37. The van der Waals surface area contributed by atoms with Crippen molar-refractivity contribution in [2.75, 3.05) is 18.5 Å². The molecule has 0 saturated heterocycles. The average molecular weight is 468 g/mol. The second-order valence-corrected chi connectivity index (χ2v) is 8.72. The summed E-state index contributed by atoms with van der Waals surface area (Å²) in [7, 11) is -4.01. The maximum Gasteiger partial charge on any atom is 0.339 e. The third kappa shape index (κ3) is 6.52. The lowest BCUT2D eigenvalue weighted by atomic mass is 10.1. The number of hydrogen-bond donors (Lipinski definition) is 1. The normalized spacial score (nSPS) is 11.0. The van der Waals surface area contributed by atoms with Gasteiger partial charge in [-0.25, -0.2) is 0 Å². The van der Waals surface area contributed by atoms with Gasteiger partial charge < -0.3 is 19.0 Å². The summed E-state index contributed by atoms with van der Waals surface area (Å²) in [6.45, 7) is 9.09. The fourth-order valence-electron chi connectivity index (χ4n) is 3.27. The van der Waals surface area contributed by atoms with Gasteiger partial charge in [-0.1, -0.05) is 24.3 Å². The van der Waals surface area contributed by atoms with E-state index in [0.29, 0.717) is 37.5 Å². The van der Waals surface area contributed by atoms with Crippen molar-refractivity contribution in [3.8, 4) is 17.2 Å². The highest BCUT2D eigenvalue weighted by Gasteiger charge is 2.22. The first-order valence-electron chi connectivity index (χ1n) is 10.8. The Bertz CT molecular complexity index is 1160. The van der Waals surface area contributed by atoms with Gasteiger partial charge in [0.25, 0.3) is 0 Å². The van der Waals surface area contributed by atoms with E-state index in [9.17, 15) is 8.42 Å². The molecule has 0 atom stereocenters. The molecule has 0 amide bonds. The van der Waals surface area contributed by atoms with E-state index in [1.165, 1.54) is 12.1 Å². The molecule has 3 rings (SSSR count). The lowest BCUT2D eigenvalue weighted by molar-refractivity contribution is 0.326. The van der Waals surface area contributed by atoms with Crippen molar-refractivity contribution in [3.63, 3.8) is 0 Å². The summed E-state index contributed by atoms with van der Waals surface area (Å²) < 4.78 is 42.5. The lowest BCUT2D eigenvalue weighted by Crippen LogP contribution is -2.13. The number of nitrogens with one attached hydrogen (secondary N) is 1. The predicted molar refractivity (Wildman–Crippen MR) is 131 cm³/mol. The quantitative estimate of drug-likeness (QED) is 0.276. The van der Waals surface area contributed by atoms with Crippen LogP contribution in [0.1, 0.15) is 25.0 Å². The van der Waals surface area contributed by atoms with Crippen LogP contribution in [-0.2, 0) is 23.1 Å². The zero-order valence-electron chi connectivity index (χ0n) is 18.9. The molecule has 0 aliphatic heterocycles. The lowest BCUT2D eigenvalue weighted by Gasteiger charge is -2.18. The summed E-state index contributed by atoms with van der Waals surface area (Å²) in [4.78, 5) is 0.0817. The Morgan fingerprint density at radius 2 is 1.64 bits per heavy atom. The highest BCUT2D eigenvalue weighted by molar-refractivity contribution is 7.87. The maximum absolute atomic E-state index is 12.9. The molecule has 0 spiro atoms. The largest absolute Gasteiger partial charge is 0.494 e. The Labute approximate surface area is 196 Å². The smallest absolute Gasteiger partial charge is 0.339 e. The number of allylic oxidation sites excluding steroid dienone is 1. The molecule has 7 heteroatoms. The molecule has 0 radical (unpaired) electrons. The molecule has 0 bridgehead atoms. The number of hydrogen-bond acceptors (Lipinski definition) is 6. The fraction of sp³-hybridized carbons (Fsp3) is 0.231. The standard InChI is InChI=1S/C26H29NO5S/c1-4-10-21-17-20(19-27-22-13-15-23(16-14-22)30-5-2)18-25(31-6-3)26(21)32-33(28,29)24-11-8-7-9-12-24/h4,7-9,11-18,27H,1,5-6,10,19H2,2-3H3. The van der Waals surface area contributed by atoms with Crippen molar-refractivity contribution >= 4 is 15.8 Å². The van der Waals surface area contributed by atoms with Crippen LogP contribution in [0.4, 0.5) is 5.69 Å². The van der Waals surface area contributed by atoms with E-state index in [2.05, 4.69) is 11.9 Å². The minimum atomic E-state index is -4.01. The summed E-state index contributed by atoms with van der Waals surface area (Å²) >= 11 is 0. The number of ether oxygens (including phenoxy) is 2. The predicted octanol–water partition coefficient (Wildman–Crippen LogP) is 5.59. The van der Waals surface area contributed by atoms with Crippen molar-refractivity contribution in [2.24, 2.45) is 0 Å². The highest BCUT2D eigenvalue weighted by atomic mass is 32.2. The Balaban J connectivity index is 1.88. The SMILES string of the molecule is C=CCc1cc(CNc2ccc(OCC)cc2)cc(OCC)c1OS(=O)(=O)c1ccccc1. The monoisotopic (exact) mass is 467 g/mol. The molecule has 3 aromatic carbocycles. The van der Waals surface area contributed by atoms with E-state index in [4.69, 9.17) is 13.7 Å². The second-order valence-electron chi connectivity index (χ2n) is 7.17. The molecule has 0 heterocycles. The van der Waals surface area contributed by atoms with Crippen molar-refractivity contribution in [1.29, 1.82) is 0 Å². The highest BCUT2D eigenvalue weighted by Crippen LogP contribution is 2.36. The van der Waals surface area contributed by atoms with Crippen LogP contribution in [0.2, 0.25) is 0 Å². The van der Waals surface area contributed by atoms with Crippen LogP contribution >= 0.6 is 0 Å². The first-order valence-corrected chi connectivity index (χ1v) is 12.2. The molecule has 0 aliphatic rings. The van der Waals surface area contributed by atoms with Crippen LogP contribution in [0, 0.1) is 0 Å². The first kappa shape index (κ1) is 24.2. The summed E-state index contributed by atoms with van der Waals surface area (Å²) in [5.74, 6) is 1.38. The molecule has 0 fully saturated rings. The summed E-state index contributed by atoms with van der Waals surface area (Å²) in [6.07, 6.45) is 2.13. The molecule has 0 aromatic heterocycles. The van der Waals surface area contributed by atoms with Gasteiger partial charge in [-0.2, -0.15) is 8.42 Å². The van der Waals surface area contributed by atoms with Crippen LogP contribution in [0.25, 0.3) is 0 Å². The Hall–Kier alpha value is -3.45. The second kappa shape index (κ2) is 11.4. The number of rotatable bonds is 12. The van der Waals surface area contributed by atoms with E-state index in [0.717, 1.165) is 17.0 Å². The van der Waals surface area contributed by atoms with Crippen molar-refractivity contribution in [1.82, 2.24) is 0 Å². The van der Waals surface area contributed by atoms with Gasteiger partial charge in [0.05, 0.1) is 13.2 Å². The average Bonchev–Trinajstić information content (AvgIpc) is 2.82. The minimum absolute atomic E-state index is 0.0817. The molecule has 174 valence electrons. The van der Waals surface area contributed by atoms with Gasteiger partial charge in [0.2, 0.25) is 0 Å². The van der Waals surface area contributed by atoms with Crippen LogP contribution in [-0.4, -0.2) is 21.6 Å². The fourth-order valence-corrected chi connectivity index (χ4v) is 4.27. The van der Waals surface area contributed by atoms with Crippen LogP contribution < -0.4 is 19.0 Å². The van der Waals surface area contributed by atoms with Gasteiger partial charge in [0.1, 0.15) is 10.6 Å². The van der Waals surface area contributed by atoms with Crippen LogP contribution in [0.3, 0.4) is 0 Å². The molecule has 0 aliphatic carbocycles. The van der Waals surface area contributed by atoms with E-state index in [1.807, 2.05) is 44.2 Å². The van der Waals surface area contributed by atoms with E-state index in [-0.39, 0.29) is 10.6 Å². The molecule has 33 heavy (non-hydrogen) atoms. The molecule has 1 N–H and O–H groups in total. The van der Waals surface area contributed by atoms with Crippen LogP contribution in [0.15, 0.2) is 84.3 Å². The third-order valence-corrected chi connectivity index (χ3v) is 5.98. The molecule has 0 unspecified atom stereocenters. The number of anilines is 1. The minimum Gasteiger partial charge on any atom is -0.494 e.